The lowest BCUT2D eigenvalue weighted by molar-refractivity contribution is -0.124. The highest BCUT2D eigenvalue weighted by atomic mass is 16.1. The van der Waals surface area contributed by atoms with Crippen LogP contribution < -0.4 is 11.1 Å². The second kappa shape index (κ2) is 5.55. The van der Waals surface area contributed by atoms with Gasteiger partial charge in [0.1, 0.15) is 0 Å². The summed E-state index contributed by atoms with van der Waals surface area (Å²) in [6.45, 7) is 7.31. The van der Waals surface area contributed by atoms with Crippen molar-refractivity contribution in [1.29, 1.82) is 0 Å². The van der Waals surface area contributed by atoms with Gasteiger partial charge >= 0.3 is 0 Å². The van der Waals surface area contributed by atoms with Crippen molar-refractivity contribution in [3.63, 3.8) is 0 Å². The molecule has 0 radical (unpaired) electrons. The molecule has 18 heavy (non-hydrogen) atoms. The number of hydrogen-bond acceptors (Lipinski definition) is 4. The lowest BCUT2D eigenvalue weighted by Crippen LogP contribution is -2.56. The van der Waals surface area contributed by atoms with Gasteiger partial charge in [0, 0.05) is 38.8 Å². The largest absolute Gasteiger partial charge is 0.368 e. The van der Waals surface area contributed by atoms with Crippen LogP contribution in [0.25, 0.3) is 0 Å². The normalized spacial score (nSPS) is 25.9. The third-order valence-electron chi connectivity index (χ3n) is 4.17. The molecule has 5 heteroatoms. The van der Waals surface area contributed by atoms with E-state index in [-0.39, 0.29) is 5.91 Å². The average molecular weight is 254 g/mol. The molecule has 1 saturated heterocycles. The van der Waals surface area contributed by atoms with Gasteiger partial charge in [0.2, 0.25) is 5.91 Å². The minimum atomic E-state index is -0.537. The van der Waals surface area contributed by atoms with Gasteiger partial charge in [-0.1, -0.05) is 0 Å². The van der Waals surface area contributed by atoms with E-state index in [1.165, 1.54) is 12.8 Å². The van der Waals surface area contributed by atoms with Crippen LogP contribution in [0.3, 0.4) is 0 Å². The minimum Gasteiger partial charge on any atom is -0.368 e. The number of amides is 1. The maximum absolute atomic E-state index is 11.6. The van der Waals surface area contributed by atoms with Gasteiger partial charge in [-0.2, -0.15) is 0 Å². The molecule has 1 atom stereocenters. The maximum atomic E-state index is 11.6. The topological polar surface area (TPSA) is 61.6 Å². The lowest BCUT2D eigenvalue weighted by atomic mass is 9.96. The molecule has 2 fully saturated rings. The first-order valence-corrected chi connectivity index (χ1v) is 6.98. The van der Waals surface area contributed by atoms with Crippen molar-refractivity contribution in [2.75, 3.05) is 39.8 Å². The number of hydrogen-bond donors (Lipinski definition) is 2. The summed E-state index contributed by atoms with van der Waals surface area (Å²) in [6.07, 6.45) is 3.16. The molecular formula is C13H26N4O. The van der Waals surface area contributed by atoms with Crippen molar-refractivity contribution in [3.05, 3.63) is 0 Å². The number of nitrogens with one attached hydrogen (secondary N) is 1. The van der Waals surface area contributed by atoms with Crippen molar-refractivity contribution >= 4 is 5.91 Å². The Morgan fingerprint density at radius 3 is 2.44 bits per heavy atom. The second-order valence-corrected chi connectivity index (χ2v) is 6.01. The standard InChI is InChI=1S/C13H26N4O/c1-13(12(14)18,15-11-3-4-11)5-6-17-9-7-16(2)8-10-17/h11,15H,3-10H2,1-2H3,(H2,14,18). The maximum Gasteiger partial charge on any atom is 0.237 e. The van der Waals surface area contributed by atoms with Gasteiger partial charge in [-0.05, 0) is 33.2 Å². The summed E-state index contributed by atoms with van der Waals surface area (Å²) in [4.78, 5) is 16.4. The Balaban J connectivity index is 1.79. The summed E-state index contributed by atoms with van der Waals surface area (Å²) in [5.41, 5.74) is 5.02. The summed E-state index contributed by atoms with van der Waals surface area (Å²) >= 11 is 0. The van der Waals surface area contributed by atoms with Crippen molar-refractivity contribution in [2.45, 2.75) is 37.8 Å². The van der Waals surface area contributed by atoms with E-state index < -0.39 is 5.54 Å². The van der Waals surface area contributed by atoms with Crippen LogP contribution in [-0.4, -0.2) is 67.1 Å². The van der Waals surface area contributed by atoms with E-state index in [0.717, 1.165) is 39.1 Å². The molecule has 3 N–H and O–H groups in total. The Bertz CT molecular complexity index is 297. The molecule has 5 nitrogen and oxygen atoms in total. The highest BCUT2D eigenvalue weighted by Gasteiger charge is 2.37. The second-order valence-electron chi connectivity index (χ2n) is 6.01. The Morgan fingerprint density at radius 1 is 1.33 bits per heavy atom. The van der Waals surface area contributed by atoms with Gasteiger partial charge in [-0.3, -0.25) is 4.79 Å². The smallest absolute Gasteiger partial charge is 0.237 e. The number of primary amides is 1. The zero-order valence-electron chi connectivity index (χ0n) is 11.6. The van der Waals surface area contributed by atoms with E-state index in [1.807, 2.05) is 6.92 Å². The molecule has 1 saturated carbocycles. The van der Waals surface area contributed by atoms with Crippen molar-refractivity contribution < 1.29 is 4.79 Å². The quantitative estimate of drug-likeness (QED) is 0.678. The number of rotatable bonds is 6. The fraction of sp³-hybridized carbons (Fsp3) is 0.923. The van der Waals surface area contributed by atoms with E-state index in [4.69, 9.17) is 5.73 Å². The number of piperazine rings is 1. The third-order valence-corrected chi connectivity index (χ3v) is 4.17. The molecule has 0 aromatic heterocycles. The molecule has 2 aliphatic rings. The molecule has 1 aliphatic carbocycles. The number of nitrogens with two attached hydrogens (primary N) is 1. The zero-order valence-corrected chi connectivity index (χ0v) is 11.6. The van der Waals surface area contributed by atoms with E-state index in [9.17, 15) is 4.79 Å². The number of carbonyl (C=O) groups is 1. The minimum absolute atomic E-state index is 0.219. The molecule has 0 spiro atoms. The number of nitrogens with zero attached hydrogens (tertiary/aromatic N) is 2. The summed E-state index contributed by atoms with van der Waals surface area (Å²) < 4.78 is 0. The van der Waals surface area contributed by atoms with Crippen molar-refractivity contribution in [2.24, 2.45) is 5.73 Å². The van der Waals surface area contributed by atoms with E-state index in [2.05, 4.69) is 22.2 Å². The fourth-order valence-electron chi connectivity index (χ4n) is 2.40. The molecular weight excluding hydrogens is 228 g/mol. The SMILES string of the molecule is CN1CCN(CCC(C)(NC2CC2)C(N)=O)CC1. The van der Waals surface area contributed by atoms with Crippen LogP contribution in [0.1, 0.15) is 26.2 Å². The van der Waals surface area contributed by atoms with E-state index in [0.29, 0.717) is 6.04 Å². The Morgan fingerprint density at radius 2 is 1.94 bits per heavy atom. The Kier molecular flexibility index (Phi) is 4.25. The molecule has 104 valence electrons. The van der Waals surface area contributed by atoms with Crippen LogP contribution >= 0.6 is 0 Å². The lowest BCUT2D eigenvalue weighted by Gasteiger charge is -2.35. The van der Waals surface area contributed by atoms with Crippen LogP contribution in [0, 0.1) is 0 Å². The van der Waals surface area contributed by atoms with Gasteiger partial charge in [-0.15, -0.1) is 0 Å². The van der Waals surface area contributed by atoms with Crippen LogP contribution in [0.4, 0.5) is 0 Å². The fourth-order valence-corrected chi connectivity index (χ4v) is 2.40. The highest BCUT2D eigenvalue weighted by Crippen LogP contribution is 2.24. The number of likely N-dealkylation sites (N-methyl/N-ethyl adjacent to an activating group) is 1. The molecule has 0 aromatic rings. The molecule has 0 bridgehead atoms. The molecule has 1 heterocycles. The van der Waals surface area contributed by atoms with Gasteiger partial charge < -0.3 is 20.9 Å². The predicted molar refractivity (Wildman–Crippen MR) is 72.3 cm³/mol. The average Bonchev–Trinajstić information content (AvgIpc) is 3.12. The van der Waals surface area contributed by atoms with Crippen molar-refractivity contribution in [1.82, 2.24) is 15.1 Å². The van der Waals surface area contributed by atoms with Gasteiger partial charge in [-0.25, -0.2) is 0 Å². The van der Waals surface area contributed by atoms with Crippen LogP contribution in [0.2, 0.25) is 0 Å². The summed E-state index contributed by atoms with van der Waals surface area (Å²) in [7, 11) is 2.15. The predicted octanol–water partition coefficient (Wildman–Crippen LogP) is -0.380. The molecule has 2 rings (SSSR count). The monoisotopic (exact) mass is 254 g/mol. The first kappa shape index (κ1) is 13.8. The summed E-state index contributed by atoms with van der Waals surface area (Å²) in [6, 6.07) is 0.509. The highest BCUT2D eigenvalue weighted by molar-refractivity contribution is 5.84. The molecule has 1 amide bonds. The molecule has 0 aromatic carbocycles. The van der Waals surface area contributed by atoms with Crippen LogP contribution in [0.5, 0.6) is 0 Å². The van der Waals surface area contributed by atoms with E-state index in [1.54, 1.807) is 0 Å². The Hall–Kier alpha value is -0.650. The molecule has 1 aliphatic heterocycles. The Labute approximate surface area is 110 Å². The van der Waals surface area contributed by atoms with E-state index >= 15 is 0 Å². The molecule has 1 unspecified atom stereocenters. The zero-order chi connectivity index (χ0) is 13.2. The first-order valence-electron chi connectivity index (χ1n) is 6.98. The number of carbonyl (C=O) groups excluding carboxylic acids is 1. The summed E-state index contributed by atoms with van der Waals surface area (Å²) in [5.74, 6) is -0.219. The third kappa shape index (κ3) is 3.67. The summed E-state index contributed by atoms with van der Waals surface area (Å²) in [5, 5.41) is 3.40. The van der Waals surface area contributed by atoms with Crippen LogP contribution in [0.15, 0.2) is 0 Å². The van der Waals surface area contributed by atoms with Crippen LogP contribution in [-0.2, 0) is 4.79 Å². The first-order chi connectivity index (χ1) is 8.49. The van der Waals surface area contributed by atoms with Gasteiger partial charge in [0.15, 0.2) is 0 Å². The van der Waals surface area contributed by atoms with Gasteiger partial charge in [0.25, 0.3) is 0 Å². The van der Waals surface area contributed by atoms with Gasteiger partial charge in [0.05, 0.1) is 5.54 Å². The van der Waals surface area contributed by atoms with Crippen molar-refractivity contribution in [3.8, 4) is 0 Å².